The molecule has 3 heterocycles. The summed E-state index contributed by atoms with van der Waals surface area (Å²) < 4.78 is 14.9. The second-order valence-corrected chi connectivity index (χ2v) is 10.7. The summed E-state index contributed by atoms with van der Waals surface area (Å²) in [4.78, 5) is 32.2. The molecule has 5 rings (SSSR count). The number of halogens is 1. The Kier molecular flexibility index (Phi) is 7.34. The lowest BCUT2D eigenvalue weighted by Gasteiger charge is -2.24. The Morgan fingerprint density at radius 2 is 1.79 bits per heavy atom. The minimum atomic E-state index is -0.671. The number of carbonyl (C=O) groups excluding carboxylic acids is 1. The van der Waals surface area contributed by atoms with Crippen LogP contribution in [0.5, 0.6) is 5.75 Å². The van der Waals surface area contributed by atoms with Crippen molar-refractivity contribution in [2.75, 3.05) is 13.7 Å². The van der Waals surface area contributed by atoms with E-state index in [0.29, 0.717) is 31.4 Å². The largest absolute Gasteiger partial charge is 0.497 e. The Morgan fingerprint density at radius 1 is 1.10 bits per heavy atom. The van der Waals surface area contributed by atoms with Crippen molar-refractivity contribution in [3.63, 3.8) is 0 Å². The molecule has 0 amide bonds. The Morgan fingerprint density at radius 3 is 2.44 bits per heavy atom. The lowest BCUT2D eigenvalue weighted by Crippen LogP contribution is -2.39. The number of rotatable bonds is 6. The van der Waals surface area contributed by atoms with Crippen molar-refractivity contribution >= 4 is 35.0 Å². The van der Waals surface area contributed by atoms with E-state index < -0.39 is 12.0 Å². The smallest absolute Gasteiger partial charge is 0.338 e. The Balaban J connectivity index is 1.68. The van der Waals surface area contributed by atoms with Crippen LogP contribution in [-0.2, 0) is 9.53 Å². The first-order chi connectivity index (χ1) is 18.7. The van der Waals surface area contributed by atoms with Gasteiger partial charge in [0.2, 0.25) is 0 Å². The summed E-state index contributed by atoms with van der Waals surface area (Å²) in [6, 6.07) is 16.4. The average molecular weight is 562 g/mol. The number of hydrogen-bond acceptors (Lipinski definition) is 6. The van der Waals surface area contributed by atoms with E-state index in [2.05, 4.69) is 15.6 Å². The van der Waals surface area contributed by atoms with Crippen LogP contribution in [0.25, 0.3) is 11.8 Å². The summed E-state index contributed by atoms with van der Waals surface area (Å²) >= 11 is 7.39. The number of ether oxygens (including phenoxy) is 2. The molecule has 1 aliphatic rings. The number of carbonyl (C=O) groups is 1. The number of hydrogen-bond donors (Lipinski definition) is 0. The molecule has 4 aromatic rings. The number of benzene rings is 2. The maximum Gasteiger partial charge on any atom is 0.338 e. The molecule has 2 aromatic heterocycles. The minimum absolute atomic E-state index is 0.217. The van der Waals surface area contributed by atoms with Crippen LogP contribution in [0.4, 0.5) is 0 Å². The molecule has 39 heavy (non-hydrogen) atoms. The third kappa shape index (κ3) is 4.86. The van der Waals surface area contributed by atoms with Crippen molar-refractivity contribution in [1.29, 1.82) is 0 Å². The zero-order valence-corrected chi connectivity index (χ0v) is 23.9. The van der Waals surface area contributed by atoms with E-state index in [1.807, 2.05) is 68.5 Å². The Labute approximate surface area is 234 Å². The summed E-state index contributed by atoms with van der Waals surface area (Å²) in [6.45, 7) is 7.80. The highest BCUT2D eigenvalue weighted by Gasteiger charge is 2.33. The molecule has 0 fully saturated rings. The molecule has 0 saturated carbocycles. The molecule has 2 aromatic carbocycles. The molecule has 9 heteroatoms. The zero-order chi connectivity index (χ0) is 27.8. The number of esters is 1. The second-order valence-electron chi connectivity index (χ2n) is 9.21. The summed E-state index contributed by atoms with van der Waals surface area (Å²) in [6.07, 6.45) is 1.90. The van der Waals surface area contributed by atoms with Crippen molar-refractivity contribution in [2.45, 2.75) is 33.7 Å². The van der Waals surface area contributed by atoms with Gasteiger partial charge in [-0.3, -0.25) is 9.36 Å². The van der Waals surface area contributed by atoms with Gasteiger partial charge in [0.05, 0.1) is 35.6 Å². The Bertz CT molecular complexity index is 1780. The van der Waals surface area contributed by atoms with Crippen molar-refractivity contribution < 1.29 is 14.3 Å². The van der Waals surface area contributed by atoms with Crippen LogP contribution in [-0.4, -0.2) is 28.8 Å². The number of aryl methyl sites for hydroxylation is 1. The summed E-state index contributed by atoms with van der Waals surface area (Å²) in [7, 11) is 1.59. The van der Waals surface area contributed by atoms with Gasteiger partial charge in [0.25, 0.3) is 5.56 Å². The topological polar surface area (TPSA) is 74.8 Å². The van der Waals surface area contributed by atoms with E-state index in [4.69, 9.17) is 21.1 Å². The molecule has 0 aliphatic carbocycles. The predicted molar refractivity (Wildman–Crippen MR) is 154 cm³/mol. The van der Waals surface area contributed by atoms with Crippen LogP contribution < -0.4 is 19.6 Å². The molecule has 7 nitrogen and oxygen atoms in total. The summed E-state index contributed by atoms with van der Waals surface area (Å²) in [5.41, 5.74) is 5.37. The highest BCUT2D eigenvalue weighted by molar-refractivity contribution is 7.07. The molecule has 200 valence electrons. The van der Waals surface area contributed by atoms with Gasteiger partial charge in [0.1, 0.15) is 5.75 Å². The van der Waals surface area contributed by atoms with Gasteiger partial charge < -0.3 is 14.0 Å². The summed E-state index contributed by atoms with van der Waals surface area (Å²) in [5, 5.41) is 0.673. The van der Waals surface area contributed by atoms with E-state index >= 15 is 0 Å². The van der Waals surface area contributed by atoms with Crippen LogP contribution >= 0.6 is 22.9 Å². The van der Waals surface area contributed by atoms with E-state index in [-0.39, 0.29) is 12.2 Å². The van der Waals surface area contributed by atoms with Crippen LogP contribution in [0.3, 0.4) is 0 Å². The number of thiazole rings is 1. The predicted octanol–water partition coefficient (Wildman–Crippen LogP) is 4.87. The highest BCUT2D eigenvalue weighted by Crippen LogP contribution is 2.31. The average Bonchev–Trinajstić information content (AvgIpc) is 3.38. The van der Waals surface area contributed by atoms with Crippen molar-refractivity contribution in [1.82, 2.24) is 9.13 Å². The van der Waals surface area contributed by atoms with E-state index in [1.54, 1.807) is 25.5 Å². The van der Waals surface area contributed by atoms with Crippen LogP contribution in [0.15, 0.2) is 75.7 Å². The van der Waals surface area contributed by atoms with Gasteiger partial charge in [-0.05, 0) is 87.4 Å². The van der Waals surface area contributed by atoms with Gasteiger partial charge in [-0.25, -0.2) is 9.79 Å². The fourth-order valence-corrected chi connectivity index (χ4v) is 6.12. The number of allylic oxidation sites excluding steroid dienone is 1. The van der Waals surface area contributed by atoms with E-state index in [0.717, 1.165) is 28.2 Å². The first kappa shape index (κ1) is 26.7. The van der Waals surface area contributed by atoms with Crippen molar-refractivity contribution in [2.24, 2.45) is 4.99 Å². The van der Waals surface area contributed by atoms with E-state index in [9.17, 15) is 9.59 Å². The van der Waals surface area contributed by atoms with Gasteiger partial charge >= 0.3 is 5.97 Å². The quantitative estimate of drug-likeness (QED) is 0.315. The molecule has 0 radical (unpaired) electrons. The summed E-state index contributed by atoms with van der Waals surface area (Å²) in [5.74, 6) is 0.195. The molecule has 1 atom stereocenters. The van der Waals surface area contributed by atoms with Gasteiger partial charge in [0, 0.05) is 22.1 Å². The SMILES string of the molecule is CCOC(=O)C1=C(C)N=c2s/c(=C\c3cc(C)n(-c4ccc(Cl)cc4)c3C)c(=O)n2[C@@H]1c1ccc(OC)cc1. The molecular weight excluding hydrogens is 534 g/mol. The standard InChI is InChI=1S/C30H28ClN3O4S/c1-6-38-29(36)26-18(3)32-30-34(27(26)20-7-13-24(37-5)14-8-20)28(35)25(39-30)16-21-15-17(2)33(19(21)4)23-11-9-22(31)10-12-23/h7-16,27H,6H2,1-5H3/b25-16-/t27-/m1/s1. The number of methoxy groups -OCH3 is 1. The first-order valence-electron chi connectivity index (χ1n) is 12.5. The maximum atomic E-state index is 13.9. The lowest BCUT2D eigenvalue weighted by molar-refractivity contribution is -0.139. The fourth-order valence-electron chi connectivity index (χ4n) is 4.96. The molecule has 1 aliphatic heterocycles. The molecule has 0 bridgehead atoms. The van der Waals surface area contributed by atoms with Crippen molar-refractivity contribution in [3.05, 3.63) is 113 Å². The van der Waals surface area contributed by atoms with Gasteiger partial charge in [-0.1, -0.05) is 35.1 Å². The monoisotopic (exact) mass is 561 g/mol. The molecule has 0 N–H and O–H groups in total. The van der Waals surface area contributed by atoms with Crippen LogP contribution in [0.1, 0.15) is 42.4 Å². The zero-order valence-electron chi connectivity index (χ0n) is 22.3. The molecule has 0 saturated heterocycles. The molecule has 0 spiro atoms. The van der Waals surface area contributed by atoms with Crippen LogP contribution in [0.2, 0.25) is 5.02 Å². The van der Waals surface area contributed by atoms with Gasteiger partial charge in [-0.2, -0.15) is 0 Å². The third-order valence-corrected chi connectivity index (χ3v) is 8.03. The minimum Gasteiger partial charge on any atom is -0.497 e. The number of aromatic nitrogens is 2. The number of fused-ring (bicyclic) bond motifs is 1. The second kappa shape index (κ2) is 10.7. The maximum absolute atomic E-state index is 13.9. The first-order valence-corrected chi connectivity index (χ1v) is 13.7. The highest BCUT2D eigenvalue weighted by atomic mass is 35.5. The van der Waals surface area contributed by atoms with E-state index in [1.165, 1.54) is 11.3 Å². The lowest BCUT2D eigenvalue weighted by atomic mass is 9.96. The molecule has 0 unspecified atom stereocenters. The Hall–Kier alpha value is -3.88. The van der Waals surface area contributed by atoms with Gasteiger partial charge in [-0.15, -0.1) is 0 Å². The fraction of sp³-hybridized carbons (Fsp3) is 0.233. The molecular formula is C30H28ClN3O4S. The van der Waals surface area contributed by atoms with Gasteiger partial charge in [0.15, 0.2) is 4.80 Å². The third-order valence-electron chi connectivity index (χ3n) is 6.79. The normalized spacial score (nSPS) is 15.2. The number of nitrogens with zero attached hydrogens (tertiary/aromatic N) is 3. The van der Waals surface area contributed by atoms with Crippen LogP contribution in [0, 0.1) is 13.8 Å². The van der Waals surface area contributed by atoms with Crippen molar-refractivity contribution in [3.8, 4) is 11.4 Å².